The molecule has 6 heteroatoms. The third-order valence-corrected chi connectivity index (χ3v) is 2.11. The number of rotatable bonds is 7. The lowest BCUT2D eigenvalue weighted by Gasteiger charge is -2.27. The third kappa shape index (κ3) is 3.87. The molecule has 0 fully saturated rings. The topological polar surface area (TPSA) is 113 Å². The van der Waals surface area contributed by atoms with Crippen LogP contribution in [0.1, 0.15) is 0 Å². The van der Waals surface area contributed by atoms with Gasteiger partial charge in [-0.1, -0.05) is 0 Å². The van der Waals surface area contributed by atoms with Crippen molar-refractivity contribution in [1.29, 1.82) is 0 Å². The van der Waals surface area contributed by atoms with Crippen molar-refractivity contribution in [3.8, 4) is 0 Å². The molecule has 0 aromatic carbocycles. The van der Waals surface area contributed by atoms with Crippen molar-refractivity contribution in [2.75, 3.05) is 26.8 Å². The first-order valence-corrected chi connectivity index (χ1v) is 4.49. The minimum atomic E-state index is -1.38. The van der Waals surface area contributed by atoms with Crippen LogP contribution in [0.15, 0.2) is 0 Å². The Morgan fingerprint density at radius 1 is 1.00 bits per heavy atom. The number of likely N-dealkylation sites (N-methyl/N-ethyl adjacent to an activating group) is 1. The molecule has 0 unspecified atom stereocenters. The molecule has 86 valence electrons. The molecule has 14 heavy (non-hydrogen) atoms. The monoisotopic (exact) mass is 209 g/mol. The van der Waals surface area contributed by atoms with E-state index in [1.54, 1.807) is 7.05 Å². The van der Waals surface area contributed by atoms with Crippen molar-refractivity contribution in [2.24, 2.45) is 5.92 Å². The predicted molar refractivity (Wildman–Crippen MR) is 49.6 cm³/mol. The van der Waals surface area contributed by atoms with E-state index in [0.717, 1.165) is 0 Å². The third-order valence-electron chi connectivity index (χ3n) is 2.11. The molecule has 0 rings (SSSR count). The zero-order chi connectivity index (χ0) is 11.1. The van der Waals surface area contributed by atoms with E-state index in [9.17, 15) is 15.3 Å². The summed E-state index contributed by atoms with van der Waals surface area (Å²) in [5, 5.41) is 48.2. The average molecular weight is 209 g/mol. The fourth-order valence-corrected chi connectivity index (χ4v) is 1.11. The molecule has 6 nitrogen and oxygen atoms in total. The second-order valence-electron chi connectivity index (χ2n) is 3.23. The van der Waals surface area contributed by atoms with Gasteiger partial charge in [0.25, 0.3) is 0 Å². The summed E-state index contributed by atoms with van der Waals surface area (Å²) < 4.78 is 0. The molecule has 0 heterocycles. The van der Waals surface area contributed by atoms with Crippen molar-refractivity contribution in [3.63, 3.8) is 0 Å². The van der Waals surface area contributed by atoms with Crippen LogP contribution >= 0.6 is 0 Å². The van der Waals surface area contributed by atoms with Gasteiger partial charge in [-0.2, -0.15) is 0 Å². The summed E-state index contributed by atoms with van der Waals surface area (Å²) in [4.78, 5) is 0. The van der Waals surface area contributed by atoms with E-state index in [1.165, 1.54) is 0 Å². The maximum atomic E-state index is 9.42. The van der Waals surface area contributed by atoms with Gasteiger partial charge >= 0.3 is 0 Å². The second-order valence-corrected chi connectivity index (χ2v) is 3.23. The van der Waals surface area contributed by atoms with Crippen LogP contribution in [0.2, 0.25) is 0 Å². The molecule has 0 aliphatic heterocycles. The Hall–Kier alpha value is -0.240. The van der Waals surface area contributed by atoms with Gasteiger partial charge in [-0.15, -0.1) is 0 Å². The summed E-state index contributed by atoms with van der Waals surface area (Å²) in [5.74, 6) is -0.837. The Kier molecular flexibility index (Phi) is 6.98. The summed E-state index contributed by atoms with van der Waals surface area (Å²) in [6, 6.07) is 0. The van der Waals surface area contributed by atoms with Crippen LogP contribution in [0.5, 0.6) is 0 Å². The highest BCUT2D eigenvalue weighted by Gasteiger charge is 2.30. The molecule has 0 radical (unpaired) electrons. The van der Waals surface area contributed by atoms with Crippen molar-refractivity contribution in [2.45, 2.75) is 18.3 Å². The average Bonchev–Trinajstić information content (AvgIpc) is 2.18. The van der Waals surface area contributed by atoms with Gasteiger partial charge < -0.3 is 30.8 Å². The van der Waals surface area contributed by atoms with Crippen LogP contribution in [0.3, 0.4) is 0 Å². The zero-order valence-electron chi connectivity index (χ0n) is 8.17. The van der Waals surface area contributed by atoms with Crippen LogP contribution in [0, 0.1) is 5.92 Å². The number of hydrogen-bond donors (Lipinski definition) is 6. The Morgan fingerprint density at radius 2 is 1.50 bits per heavy atom. The first-order valence-electron chi connectivity index (χ1n) is 4.49. The first kappa shape index (κ1) is 13.8. The molecule has 0 aromatic heterocycles. The predicted octanol–water partition coefficient (Wildman–Crippen LogP) is -3.11. The van der Waals surface area contributed by atoms with Crippen LogP contribution in [-0.2, 0) is 0 Å². The Bertz CT molecular complexity index is 142. The minimum Gasteiger partial charge on any atom is -0.396 e. The molecule has 0 bridgehead atoms. The van der Waals surface area contributed by atoms with Crippen LogP contribution < -0.4 is 5.32 Å². The normalized spacial score (nSPS) is 18.2. The molecule has 0 amide bonds. The summed E-state index contributed by atoms with van der Waals surface area (Å²) in [6.07, 6.45) is -3.85. The molecule has 0 spiro atoms. The highest BCUT2D eigenvalue weighted by atomic mass is 16.4. The van der Waals surface area contributed by atoms with Gasteiger partial charge in [0, 0.05) is 12.5 Å². The molecular formula is C8H19NO5. The van der Waals surface area contributed by atoms with Gasteiger partial charge in [0.1, 0.15) is 6.10 Å². The highest BCUT2D eigenvalue weighted by molar-refractivity contribution is 4.81. The fraction of sp³-hybridized carbons (Fsp3) is 1.00. The molecule has 0 aromatic rings. The van der Waals surface area contributed by atoms with Crippen LogP contribution in [-0.4, -0.2) is 70.7 Å². The minimum absolute atomic E-state index is 0.127. The fourth-order valence-electron chi connectivity index (χ4n) is 1.11. The van der Waals surface area contributed by atoms with E-state index < -0.39 is 37.4 Å². The molecule has 3 atom stereocenters. The number of aliphatic hydroxyl groups excluding tert-OH is 5. The largest absolute Gasteiger partial charge is 0.396 e. The summed E-state index contributed by atoms with van der Waals surface area (Å²) in [6.45, 7) is -0.760. The SMILES string of the molecule is CNC[C@H](O)[C@@H](O)[C@H](O)C(CO)CO. The summed E-state index contributed by atoms with van der Waals surface area (Å²) in [7, 11) is 1.60. The van der Waals surface area contributed by atoms with Crippen LogP contribution in [0.4, 0.5) is 0 Å². The standard InChI is InChI=1S/C8H19NO5/c1-9-2-6(12)8(14)7(13)5(3-10)4-11/h5-14H,2-4H2,1H3/t6-,7+,8+/m0/s1. The Morgan fingerprint density at radius 3 is 1.86 bits per heavy atom. The summed E-state index contributed by atoms with van der Waals surface area (Å²) >= 11 is 0. The molecule has 0 aliphatic carbocycles. The van der Waals surface area contributed by atoms with Gasteiger partial charge in [-0.25, -0.2) is 0 Å². The Labute approximate surface area is 82.8 Å². The van der Waals surface area contributed by atoms with E-state index in [-0.39, 0.29) is 6.54 Å². The molecule has 0 saturated carbocycles. The first-order chi connectivity index (χ1) is 6.58. The molecular weight excluding hydrogens is 190 g/mol. The van der Waals surface area contributed by atoms with Gasteiger partial charge in [0.15, 0.2) is 0 Å². The maximum Gasteiger partial charge on any atom is 0.107 e. The molecule has 0 saturated heterocycles. The number of nitrogens with one attached hydrogen (secondary N) is 1. The lowest BCUT2D eigenvalue weighted by molar-refractivity contribution is -0.0952. The summed E-state index contributed by atoms with van der Waals surface area (Å²) in [5.41, 5.74) is 0. The van der Waals surface area contributed by atoms with E-state index in [4.69, 9.17) is 10.2 Å². The maximum absolute atomic E-state index is 9.42. The van der Waals surface area contributed by atoms with Crippen molar-refractivity contribution in [1.82, 2.24) is 5.32 Å². The van der Waals surface area contributed by atoms with Gasteiger partial charge in [-0.05, 0) is 7.05 Å². The number of aliphatic hydroxyl groups is 5. The molecule has 0 aliphatic rings. The molecule has 6 N–H and O–H groups in total. The van der Waals surface area contributed by atoms with Crippen LogP contribution in [0.25, 0.3) is 0 Å². The zero-order valence-corrected chi connectivity index (χ0v) is 8.17. The van der Waals surface area contributed by atoms with Crippen molar-refractivity contribution >= 4 is 0 Å². The highest BCUT2D eigenvalue weighted by Crippen LogP contribution is 2.09. The second kappa shape index (κ2) is 7.10. The van der Waals surface area contributed by atoms with E-state index in [0.29, 0.717) is 0 Å². The van der Waals surface area contributed by atoms with Crippen molar-refractivity contribution < 1.29 is 25.5 Å². The number of hydrogen-bond acceptors (Lipinski definition) is 6. The smallest absolute Gasteiger partial charge is 0.107 e. The van der Waals surface area contributed by atoms with Gasteiger partial charge in [0.05, 0.1) is 25.4 Å². The lowest BCUT2D eigenvalue weighted by atomic mass is 9.96. The quantitative estimate of drug-likeness (QED) is 0.265. The van der Waals surface area contributed by atoms with E-state index >= 15 is 0 Å². The van der Waals surface area contributed by atoms with Gasteiger partial charge in [-0.3, -0.25) is 0 Å². The van der Waals surface area contributed by atoms with E-state index in [2.05, 4.69) is 5.32 Å². The van der Waals surface area contributed by atoms with Crippen molar-refractivity contribution in [3.05, 3.63) is 0 Å². The van der Waals surface area contributed by atoms with E-state index in [1.807, 2.05) is 0 Å². The van der Waals surface area contributed by atoms with Gasteiger partial charge in [0.2, 0.25) is 0 Å². The lowest BCUT2D eigenvalue weighted by Crippen LogP contribution is -2.47. The Balaban J connectivity index is 4.13.